The monoisotopic (exact) mass is 441 g/mol. The number of rotatable bonds is 9. The molecule has 0 spiro atoms. The average Bonchev–Trinajstić information content (AvgIpc) is 2.86. The van der Waals surface area contributed by atoms with Crippen LogP contribution in [-0.2, 0) is 6.42 Å². The topological polar surface area (TPSA) is 49.2 Å². The van der Waals surface area contributed by atoms with Gasteiger partial charge in [0.1, 0.15) is 5.75 Å². The highest BCUT2D eigenvalue weighted by Crippen LogP contribution is 2.36. The first-order valence-electron chi connectivity index (χ1n) is 12.3. The van der Waals surface area contributed by atoms with Gasteiger partial charge in [-0.2, -0.15) is 5.26 Å². The van der Waals surface area contributed by atoms with Gasteiger partial charge in [-0.25, -0.2) is 0 Å². The van der Waals surface area contributed by atoms with E-state index in [-0.39, 0.29) is 0 Å². The van der Waals surface area contributed by atoms with Crippen molar-refractivity contribution in [3.8, 4) is 11.8 Å². The number of likely N-dealkylation sites (tertiary alicyclic amines) is 1. The Morgan fingerprint density at radius 1 is 1.15 bits per heavy atom. The summed E-state index contributed by atoms with van der Waals surface area (Å²) in [7, 11) is 1.71. The Morgan fingerprint density at radius 2 is 2.00 bits per heavy atom. The van der Waals surface area contributed by atoms with Crippen molar-refractivity contribution in [3.63, 3.8) is 0 Å². The summed E-state index contributed by atoms with van der Waals surface area (Å²) in [6.45, 7) is 4.42. The van der Waals surface area contributed by atoms with E-state index in [4.69, 9.17) is 4.74 Å². The number of aryl methyl sites for hydroxylation is 1. The third-order valence-corrected chi connectivity index (χ3v) is 7.35. The van der Waals surface area contributed by atoms with Crippen LogP contribution >= 0.6 is 0 Å². The summed E-state index contributed by atoms with van der Waals surface area (Å²) in [4.78, 5) is 7.13. The molecule has 1 unspecified atom stereocenters. The van der Waals surface area contributed by atoms with Gasteiger partial charge in [-0.15, -0.1) is 0 Å². The van der Waals surface area contributed by atoms with Gasteiger partial charge in [0, 0.05) is 30.6 Å². The number of ether oxygens (including phenoxy) is 1. The molecule has 4 heteroatoms. The van der Waals surface area contributed by atoms with Crippen molar-refractivity contribution in [2.45, 2.75) is 51.5 Å². The minimum atomic E-state index is 0.450. The molecule has 3 atom stereocenters. The molecule has 1 aliphatic heterocycles. The highest BCUT2D eigenvalue weighted by molar-refractivity contribution is 5.83. The maximum Gasteiger partial charge on any atom is 0.119 e. The lowest BCUT2D eigenvalue weighted by atomic mass is 9.79. The van der Waals surface area contributed by atoms with Crippen LogP contribution in [0.1, 0.15) is 56.2 Å². The minimum Gasteiger partial charge on any atom is -0.497 e. The zero-order valence-electron chi connectivity index (χ0n) is 19.9. The predicted molar refractivity (Wildman–Crippen MR) is 134 cm³/mol. The Balaban J connectivity index is 1.40. The van der Waals surface area contributed by atoms with E-state index in [1.165, 1.54) is 29.4 Å². The predicted octanol–water partition coefficient (Wildman–Crippen LogP) is 6.57. The van der Waals surface area contributed by atoms with Crippen LogP contribution in [0.4, 0.5) is 0 Å². The Hall–Kier alpha value is -2.90. The van der Waals surface area contributed by atoms with Crippen molar-refractivity contribution in [2.75, 3.05) is 20.2 Å². The molecule has 1 saturated heterocycles. The van der Waals surface area contributed by atoms with E-state index in [0.717, 1.165) is 43.6 Å². The fourth-order valence-electron chi connectivity index (χ4n) is 5.58. The molecule has 1 aliphatic rings. The molecule has 4 nitrogen and oxygen atoms in total. The van der Waals surface area contributed by atoms with Crippen molar-refractivity contribution in [3.05, 3.63) is 71.9 Å². The molecule has 0 N–H and O–H groups in total. The lowest BCUT2D eigenvalue weighted by Crippen LogP contribution is -2.42. The van der Waals surface area contributed by atoms with Gasteiger partial charge in [-0.05, 0) is 85.9 Å². The lowest BCUT2D eigenvalue weighted by molar-refractivity contribution is 0.0754. The molecular formula is C29H35N3O. The molecule has 2 heterocycles. The van der Waals surface area contributed by atoms with E-state index >= 15 is 0 Å². The second-order valence-corrected chi connectivity index (χ2v) is 9.25. The molecule has 33 heavy (non-hydrogen) atoms. The van der Waals surface area contributed by atoms with Gasteiger partial charge < -0.3 is 4.74 Å². The minimum absolute atomic E-state index is 0.450. The Morgan fingerprint density at radius 3 is 2.76 bits per heavy atom. The van der Waals surface area contributed by atoms with E-state index in [0.29, 0.717) is 24.3 Å². The molecular weight excluding hydrogens is 406 g/mol. The first-order valence-corrected chi connectivity index (χ1v) is 12.3. The van der Waals surface area contributed by atoms with Crippen LogP contribution in [0.25, 0.3) is 10.9 Å². The molecule has 1 fully saturated rings. The number of nitriles is 1. The molecule has 0 radical (unpaired) electrons. The molecule has 3 aromatic rings. The number of piperidine rings is 1. The van der Waals surface area contributed by atoms with E-state index < -0.39 is 0 Å². The summed E-state index contributed by atoms with van der Waals surface area (Å²) >= 11 is 0. The first-order chi connectivity index (χ1) is 16.2. The highest BCUT2D eigenvalue weighted by atomic mass is 16.5. The number of pyridine rings is 1. The Labute approximate surface area is 198 Å². The molecule has 1 aromatic heterocycles. The zero-order valence-corrected chi connectivity index (χ0v) is 19.9. The Bertz CT molecular complexity index is 1080. The van der Waals surface area contributed by atoms with E-state index in [2.05, 4.69) is 65.3 Å². The fourth-order valence-corrected chi connectivity index (χ4v) is 5.58. The van der Waals surface area contributed by atoms with Crippen molar-refractivity contribution in [1.82, 2.24) is 9.88 Å². The largest absolute Gasteiger partial charge is 0.497 e. The van der Waals surface area contributed by atoms with Gasteiger partial charge >= 0.3 is 0 Å². The zero-order chi connectivity index (χ0) is 23.0. The number of benzene rings is 2. The number of fused-ring (bicyclic) bond motifs is 1. The third kappa shape index (κ3) is 5.54. The maximum atomic E-state index is 9.52. The van der Waals surface area contributed by atoms with Crippen molar-refractivity contribution in [1.29, 1.82) is 5.26 Å². The summed E-state index contributed by atoms with van der Waals surface area (Å²) in [5.41, 5.74) is 3.76. The maximum absolute atomic E-state index is 9.52. The third-order valence-electron chi connectivity index (χ3n) is 7.35. The number of hydrogen-bond donors (Lipinski definition) is 0. The average molecular weight is 442 g/mol. The number of aromatic nitrogens is 1. The molecule has 0 amide bonds. The number of nitrogens with zero attached hydrogens (tertiary/aromatic N) is 3. The summed E-state index contributed by atoms with van der Waals surface area (Å²) < 4.78 is 5.43. The smallest absolute Gasteiger partial charge is 0.119 e. The van der Waals surface area contributed by atoms with Crippen molar-refractivity contribution < 1.29 is 4.74 Å². The van der Waals surface area contributed by atoms with Gasteiger partial charge in [0.15, 0.2) is 0 Å². The van der Waals surface area contributed by atoms with Crippen LogP contribution in [0.2, 0.25) is 0 Å². The molecule has 0 saturated carbocycles. The van der Waals surface area contributed by atoms with Crippen LogP contribution in [0, 0.1) is 23.2 Å². The first kappa shape index (κ1) is 23.3. The second kappa shape index (κ2) is 11.3. The van der Waals surface area contributed by atoms with Crippen LogP contribution < -0.4 is 4.74 Å². The van der Waals surface area contributed by atoms with E-state index in [1.807, 2.05) is 18.3 Å². The van der Waals surface area contributed by atoms with Crippen LogP contribution in [-0.4, -0.2) is 30.1 Å². The molecule has 4 rings (SSSR count). The van der Waals surface area contributed by atoms with E-state index in [1.54, 1.807) is 7.11 Å². The van der Waals surface area contributed by atoms with Gasteiger partial charge in [-0.3, -0.25) is 9.88 Å². The summed E-state index contributed by atoms with van der Waals surface area (Å²) in [5.74, 6) is 1.95. The van der Waals surface area contributed by atoms with Crippen LogP contribution in [0.3, 0.4) is 0 Å². The van der Waals surface area contributed by atoms with Crippen molar-refractivity contribution in [2.24, 2.45) is 11.8 Å². The molecule has 0 aliphatic carbocycles. The lowest BCUT2D eigenvalue weighted by Gasteiger charge is -2.42. The van der Waals surface area contributed by atoms with Gasteiger partial charge in [-0.1, -0.05) is 37.3 Å². The van der Waals surface area contributed by atoms with Gasteiger partial charge in [0.25, 0.3) is 0 Å². The van der Waals surface area contributed by atoms with Gasteiger partial charge in [0.2, 0.25) is 0 Å². The second-order valence-electron chi connectivity index (χ2n) is 9.25. The van der Waals surface area contributed by atoms with Gasteiger partial charge in [0.05, 0.1) is 18.7 Å². The van der Waals surface area contributed by atoms with Crippen LogP contribution in [0.5, 0.6) is 5.75 Å². The number of methoxy groups -OCH3 is 1. The standard InChI is InChI=1S/C29H35N3O/c1-3-29(24-8-5-4-6-9-24)32-19-16-22(25(21-32)14-17-30)10-7-11-23-15-18-31-28-13-12-26(33-2)20-27(23)28/h4-6,8-9,12-13,15,18,20,22,25,29H,3,7,10-11,14,16,19,21H2,1-2H3/t22-,25+,29?/m1/s1. The fraction of sp³-hybridized carbons (Fsp3) is 0.448. The molecule has 172 valence electrons. The summed E-state index contributed by atoms with van der Waals surface area (Å²) in [5, 5.41) is 10.7. The summed E-state index contributed by atoms with van der Waals surface area (Å²) in [6, 6.07) is 22.0. The van der Waals surface area contributed by atoms with E-state index in [9.17, 15) is 5.26 Å². The quantitative estimate of drug-likeness (QED) is 0.377. The molecule has 0 bridgehead atoms. The normalized spacial score (nSPS) is 19.8. The number of hydrogen-bond acceptors (Lipinski definition) is 4. The SMILES string of the molecule is CCC(c1ccccc1)N1CC[C@@H](CCCc2ccnc3ccc(OC)cc23)[C@@H](CC#N)C1. The van der Waals surface area contributed by atoms with Crippen molar-refractivity contribution >= 4 is 10.9 Å². The Kier molecular flexibility index (Phi) is 7.96. The molecule has 2 aromatic carbocycles. The van der Waals surface area contributed by atoms with Crippen LogP contribution in [0.15, 0.2) is 60.8 Å². The summed E-state index contributed by atoms with van der Waals surface area (Å²) in [6.07, 6.45) is 8.20. The highest BCUT2D eigenvalue weighted by Gasteiger charge is 2.32.